The van der Waals surface area contributed by atoms with Crippen molar-refractivity contribution < 1.29 is 4.74 Å². The summed E-state index contributed by atoms with van der Waals surface area (Å²) in [7, 11) is 1.60. The van der Waals surface area contributed by atoms with Gasteiger partial charge in [0, 0.05) is 0 Å². The van der Waals surface area contributed by atoms with Gasteiger partial charge in [0.2, 0.25) is 0 Å². The van der Waals surface area contributed by atoms with E-state index in [9.17, 15) is 0 Å². The van der Waals surface area contributed by atoms with Gasteiger partial charge in [-0.05, 0) is 17.0 Å². The Bertz CT molecular complexity index is 323. The van der Waals surface area contributed by atoms with Crippen LogP contribution < -0.4 is 0 Å². The Morgan fingerprint density at radius 3 is 2.43 bits per heavy atom. The minimum absolute atomic E-state index is 0.113. The molecule has 0 spiro atoms. The van der Waals surface area contributed by atoms with Crippen LogP contribution in [-0.2, 0) is 10.2 Å². The highest BCUT2D eigenvalue weighted by Crippen LogP contribution is 2.30. The number of methoxy groups -OCH3 is 1. The van der Waals surface area contributed by atoms with Crippen LogP contribution in [0.15, 0.2) is 29.3 Å². The van der Waals surface area contributed by atoms with Gasteiger partial charge in [0.05, 0.1) is 12.8 Å². The maximum absolute atomic E-state index is 4.82. The van der Waals surface area contributed by atoms with Crippen LogP contribution >= 0.6 is 0 Å². The summed E-state index contributed by atoms with van der Waals surface area (Å²) >= 11 is 0. The van der Waals surface area contributed by atoms with Crippen LogP contribution in [0.25, 0.3) is 0 Å². The van der Waals surface area contributed by atoms with Crippen LogP contribution in [-0.4, -0.2) is 13.5 Å². The van der Waals surface area contributed by atoms with Crippen LogP contribution in [0.2, 0.25) is 0 Å². The molecule has 0 atom stereocenters. The average Bonchev–Trinajstić information content (AvgIpc) is 2.14. The molecule has 1 aromatic rings. The summed E-state index contributed by atoms with van der Waals surface area (Å²) < 4.78 is 4.82. The molecule has 0 heterocycles. The summed E-state index contributed by atoms with van der Waals surface area (Å²) in [4.78, 5) is 4.24. The van der Waals surface area contributed by atoms with Crippen LogP contribution in [0, 0.1) is 0 Å². The zero-order valence-corrected chi connectivity index (χ0v) is 9.24. The SMILES string of the molecule is CO/C=N/c1ccccc1C(C)(C)C. The van der Waals surface area contributed by atoms with E-state index in [2.05, 4.69) is 31.8 Å². The van der Waals surface area contributed by atoms with Gasteiger partial charge in [-0.2, -0.15) is 0 Å². The number of rotatable bonds is 2. The Morgan fingerprint density at radius 1 is 1.21 bits per heavy atom. The van der Waals surface area contributed by atoms with E-state index < -0.39 is 0 Å². The first-order chi connectivity index (χ1) is 6.55. The van der Waals surface area contributed by atoms with E-state index in [0.29, 0.717) is 0 Å². The van der Waals surface area contributed by atoms with Crippen molar-refractivity contribution in [3.05, 3.63) is 29.8 Å². The number of hydrogen-bond donors (Lipinski definition) is 0. The van der Waals surface area contributed by atoms with Gasteiger partial charge in [-0.3, -0.25) is 0 Å². The molecule has 2 nitrogen and oxygen atoms in total. The number of benzene rings is 1. The molecule has 0 fully saturated rings. The van der Waals surface area contributed by atoms with Crippen molar-refractivity contribution in [1.82, 2.24) is 0 Å². The Kier molecular flexibility index (Phi) is 3.28. The number of ether oxygens (including phenoxy) is 1. The zero-order chi connectivity index (χ0) is 10.6. The number of aliphatic imine (C=N–C) groups is 1. The Balaban J connectivity index is 3.10. The summed E-state index contributed by atoms with van der Waals surface area (Å²) in [5.41, 5.74) is 2.32. The van der Waals surface area contributed by atoms with Crippen LogP contribution in [0.1, 0.15) is 26.3 Å². The van der Waals surface area contributed by atoms with Crippen molar-refractivity contribution in [2.24, 2.45) is 4.99 Å². The Labute approximate surface area is 85.6 Å². The van der Waals surface area contributed by atoms with E-state index in [4.69, 9.17) is 4.74 Å². The molecule has 0 aliphatic heterocycles. The Morgan fingerprint density at radius 2 is 1.86 bits per heavy atom. The fraction of sp³-hybridized carbons (Fsp3) is 0.417. The van der Waals surface area contributed by atoms with Gasteiger partial charge in [-0.1, -0.05) is 39.0 Å². The third-order valence-electron chi connectivity index (χ3n) is 2.01. The quantitative estimate of drug-likeness (QED) is 0.519. The van der Waals surface area contributed by atoms with Crippen molar-refractivity contribution >= 4 is 12.1 Å². The Hall–Kier alpha value is -1.31. The average molecular weight is 191 g/mol. The van der Waals surface area contributed by atoms with Gasteiger partial charge in [0.25, 0.3) is 0 Å². The van der Waals surface area contributed by atoms with E-state index in [1.807, 2.05) is 18.2 Å². The molecule has 0 aliphatic carbocycles. The molecular formula is C12H17NO. The van der Waals surface area contributed by atoms with Crippen LogP contribution in [0.3, 0.4) is 0 Å². The zero-order valence-electron chi connectivity index (χ0n) is 9.24. The largest absolute Gasteiger partial charge is 0.486 e. The molecule has 0 radical (unpaired) electrons. The third-order valence-corrected chi connectivity index (χ3v) is 2.01. The first kappa shape index (κ1) is 10.8. The lowest BCUT2D eigenvalue weighted by atomic mass is 9.86. The molecule has 76 valence electrons. The van der Waals surface area contributed by atoms with E-state index in [0.717, 1.165) is 5.69 Å². The molecule has 0 aliphatic rings. The smallest absolute Gasteiger partial charge is 0.174 e. The maximum atomic E-state index is 4.82. The summed E-state index contributed by atoms with van der Waals surface area (Å²) in [6.45, 7) is 6.52. The normalized spacial score (nSPS) is 12.0. The predicted molar refractivity (Wildman–Crippen MR) is 60.3 cm³/mol. The predicted octanol–water partition coefficient (Wildman–Crippen LogP) is 3.29. The molecule has 0 unspecified atom stereocenters. The fourth-order valence-electron chi connectivity index (χ4n) is 1.33. The highest BCUT2D eigenvalue weighted by Gasteiger charge is 2.16. The number of para-hydroxylation sites is 1. The molecule has 14 heavy (non-hydrogen) atoms. The number of hydrogen-bond acceptors (Lipinski definition) is 2. The second kappa shape index (κ2) is 4.27. The number of nitrogens with zero attached hydrogens (tertiary/aromatic N) is 1. The van der Waals surface area contributed by atoms with Crippen molar-refractivity contribution in [2.75, 3.05) is 7.11 Å². The topological polar surface area (TPSA) is 21.6 Å². The molecule has 0 bridgehead atoms. The summed E-state index contributed by atoms with van der Waals surface area (Å²) in [6.07, 6.45) is 1.46. The van der Waals surface area contributed by atoms with Crippen molar-refractivity contribution in [3.8, 4) is 0 Å². The van der Waals surface area contributed by atoms with E-state index in [1.165, 1.54) is 12.0 Å². The van der Waals surface area contributed by atoms with Crippen molar-refractivity contribution in [1.29, 1.82) is 0 Å². The highest BCUT2D eigenvalue weighted by atomic mass is 16.5. The first-order valence-corrected chi connectivity index (χ1v) is 4.70. The minimum atomic E-state index is 0.113. The van der Waals surface area contributed by atoms with Gasteiger partial charge >= 0.3 is 0 Å². The monoisotopic (exact) mass is 191 g/mol. The lowest BCUT2D eigenvalue weighted by Crippen LogP contribution is -2.11. The molecule has 0 aromatic heterocycles. The molecule has 0 amide bonds. The standard InChI is InChI=1S/C12H17NO/c1-12(2,3)10-7-5-6-8-11(10)13-9-14-4/h5-9H,1-4H3/b13-9+. The lowest BCUT2D eigenvalue weighted by molar-refractivity contribution is 0.423. The summed E-state index contributed by atoms with van der Waals surface area (Å²) in [5, 5.41) is 0. The minimum Gasteiger partial charge on any atom is -0.486 e. The molecule has 0 saturated carbocycles. The van der Waals surface area contributed by atoms with E-state index in [1.54, 1.807) is 7.11 Å². The third kappa shape index (κ3) is 2.59. The second-order valence-corrected chi connectivity index (χ2v) is 4.24. The molecule has 1 aromatic carbocycles. The fourth-order valence-corrected chi connectivity index (χ4v) is 1.33. The van der Waals surface area contributed by atoms with Crippen molar-refractivity contribution in [3.63, 3.8) is 0 Å². The highest BCUT2D eigenvalue weighted by molar-refractivity contribution is 5.59. The summed E-state index contributed by atoms with van der Waals surface area (Å²) in [6, 6.07) is 8.11. The van der Waals surface area contributed by atoms with Crippen LogP contribution in [0.4, 0.5) is 5.69 Å². The first-order valence-electron chi connectivity index (χ1n) is 4.70. The van der Waals surface area contributed by atoms with E-state index >= 15 is 0 Å². The lowest BCUT2D eigenvalue weighted by Gasteiger charge is -2.20. The summed E-state index contributed by atoms with van der Waals surface area (Å²) in [5.74, 6) is 0. The molecule has 0 N–H and O–H groups in total. The molecular weight excluding hydrogens is 174 g/mol. The molecule has 1 rings (SSSR count). The van der Waals surface area contributed by atoms with Crippen molar-refractivity contribution in [2.45, 2.75) is 26.2 Å². The van der Waals surface area contributed by atoms with Gasteiger partial charge in [0.15, 0.2) is 6.40 Å². The molecule has 2 heteroatoms. The van der Waals surface area contributed by atoms with Gasteiger partial charge in [-0.25, -0.2) is 4.99 Å². The van der Waals surface area contributed by atoms with E-state index in [-0.39, 0.29) is 5.41 Å². The van der Waals surface area contributed by atoms with Crippen LogP contribution in [0.5, 0.6) is 0 Å². The van der Waals surface area contributed by atoms with Gasteiger partial charge in [0.1, 0.15) is 0 Å². The van der Waals surface area contributed by atoms with Gasteiger partial charge in [-0.15, -0.1) is 0 Å². The van der Waals surface area contributed by atoms with Gasteiger partial charge < -0.3 is 4.74 Å². The second-order valence-electron chi connectivity index (χ2n) is 4.24. The molecule has 0 saturated heterocycles. The maximum Gasteiger partial charge on any atom is 0.174 e.